The van der Waals surface area contributed by atoms with Crippen LogP contribution in [0.15, 0.2) is 48.7 Å². The Kier molecular flexibility index (Phi) is 4.37. The van der Waals surface area contributed by atoms with Gasteiger partial charge < -0.3 is 5.11 Å². The Hall–Kier alpha value is -3.19. The van der Waals surface area contributed by atoms with Crippen molar-refractivity contribution in [3.05, 3.63) is 53.8 Å². The quantitative estimate of drug-likeness (QED) is 0.687. The van der Waals surface area contributed by atoms with Crippen LogP contribution in [0.4, 0.5) is 10.6 Å². The fourth-order valence-electron chi connectivity index (χ4n) is 3.18. The summed E-state index contributed by atoms with van der Waals surface area (Å²) in [6, 6.07) is 13.2. The number of pyridine rings is 2. The molecule has 1 saturated heterocycles. The molecule has 0 unspecified atom stereocenters. The maximum Gasteiger partial charge on any atom is 0.407 e. The highest BCUT2D eigenvalue weighted by Crippen LogP contribution is 2.30. The van der Waals surface area contributed by atoms with Crippen LogP contribution in [0.5, 0.6) is 0 Å². The summed E-state index contributed by atoms with van der Waals surface area (Å²) in [5, 5.41) is 11.3. The van der Waals surface area contributed by atoms with Crippen molar-refractivity contribution < 1.29 is 14.7 Å². The second kappa shape index (κ2) is 6.85. The van der Waals surface area contributed by atoms with Crippen LogP contribution in [0, 0.1) is 0 Å². The second-order valence-corrected chi connectivity index (χ2v) is 6.55. The number of fused-ring (bicyclic) bond motifs is 1. The van der Waals surface area contributed by atoms with Gasteiger partial charge in [-0.25, -0.2) is 14.8 Å². The number of amides is 2. The first-order valence-electron chi connectivity index (χ1n) is 8.33. The summed E-state index contributed by atoms with van der Waals surface area (Å²) < 4.78 is 0. The zero-order valence-corrected chi connectivity index (χ0v) is 14.9. The van der Waals surface area contributed by atoms with Gasteiger partial charge in [-0.3, -0.25) is 14.6 Å². The number of carbonyl (C=O) groups excluding carboxylic acids is 1. The molecular weight excluding hydrogens is 368 g/mol. The van der Waals surface area contributed by atoms with Crippen LogP contribution in [0.25, 0.3) is 22.0 Å². The molecule has 3 aromatic rings. The van der Waals surface area contributed by atoms with E-state index in [1.807, 2.05) is 30.3 Å². The molecule has 1 aromatic carbocycles. The molecule has 1 aliphatic heterocycles. The Balaban J connectivity index is 1.72. The molecule has 3 heterocycles. The molecule has 1 fully saturated rings. The molecule has 27 heavy (non-hydrogen) atoms. The molecule has 1 N–H and O–H groups in total. The molecule has 0 radical (unpaired) electrons. The fourth-order valence-corrected chi connectivity index (χ4v) is 3.38. The lowest BCUT2D eigenvalue weighted by Crippen LogP contribution is -2.52. The van der Waals surface area contributed by atoms with Crippen LogP contribution in [-0.2, 0) is 4.79 Å². The average molecular weight is 383 g/mol. The first kappa shape index (κ1) is 17.2. The molecule has 0 atom stereocenters. The molecule has 0 bridgehead atoms. The number of rotatable bonds is 2. The van der Waals surface area contributed by atoms with Crippen LogP contribution in [-0.4, -0.2) is 51.6 Å². The summed E-state index contributed by atoms with van der Waals surface area (Å²) in [4.78, 5) is 34.8. The number of carboxylic acid groups (broad SMARTS) is 1. The lowest BCUT2D eigenvalue weighted by Gasteiger charge is -2.32. The highest BCUT2D eigenvalue weighted by atomic mass is 35.5. The number of hydrogen-bond acceptors (Lipinski definition) is 4. The maximum absolute atomic E-state index is 12.4. The van der Waals surface area contributed by atoms with Crippen molar-refractivity contribution in [3.63, 3.8) is 0 Å². The van der Waals surface area contributed by atoms with Gasteiger partial charge in [-0.2, -0.15) is 0 Å². The van der Waals surface area contributed by atoms with Crippen LogP contribution < -0.4 is 4.90 Å². The molecule has 1 aliphatic rings. The Morgan fingerprint density at radius 1 is 1.15 bits per heavy atom. The maximum atomic E-state index is 12.4. The number of nitrogens with zero attached hydrogens (tertiary/aromatic N) is 4. The van der Waals surface area contributed by atoms with E-state index in [2.05, 4.69) is 9.97 Å². The molecule has 4 rings (SSSR count). The van der Waals surface area contributed by atoms with Gasteiger partial charge in [-0.05, 0) is 23.6 Å². The van der Waals surface area contributed by atoms with Crippen LogP contribution in [0.1, 0.15) is 0 Å². The number of benzene rings is 1. The van der Waals surface area contributed by atoms with Crippen molar-refractivity contribution in [2.45, 2.75) is 0 Å². The summed E-state index contributed by atoms with van der Waals surface area (Å²) in [6.45, 7) is 0.316. The zero-order chi connectivity index (χ0) is 19.0. The number of aromatic nitrogens is 2. The van der Waals surface area contributed by atoms with Gasteiger partial charge in [0.15, 0.2) is 0 Å². The SMILES string of the molecule is O=C(O)N1CCN(c2cc(-c3nc(Cl)cc4ccccc34)ccn2)C(=O)C1. The van der Waals surface area contributed by atoms with Crippen molar-refractivity contribution in [2.75, 3.05) is 24.5 Å². The summed E-state index contributed by atoms with van der Waals surface area (Å²) in [6.07, 6.45) is 0.512. The molecule has 2 aromatic heterocycles. The smallest absolute Gasteiger partial charge is 0.407 e. The van der Waals surface area contributed by atoms with E-state index in [0.717, 1.165) is 21.2 Å². The minimum absolute atomic E-state index is 0.181. The largest absolute Gasteiger partial charge is 0.465 e. The van der Waals surface area contributed by atoms with Crippen molar-refractivity contribution in [2.24, 2.45) is 0 Å². The molecule has 8 heteroatoms. The minimum atomic E-state index is -1.10. The highest BCUT2D eigenvalue weighted by Gasteiger charge is 2.28. The Labute approximate surface area is 159 Å². The third-order valence-corrected chi connectivity index (χ3v) is 4.69. The Morgan fingerprint density at radius 2 is 1.96 bits per heavy atom. The number of anilines is 1. The lowest BCUT2D eigenvalue weighted by molar-refractivity contribution is -0.120. The van der Waals surface area contributed by atoms with Gasteiger partial charge in [-0.1, -0.05) is 35.9 Å². The lowest BCUT2D eigenvalue weighted by atomic mass is 10.0. The van der Waals surface area contributed by atoms with E-state index >= 15 is 0 Å². The average Bonchev–Trinajstić information content (AvgIpc) is 2.67. The molecule has 136 valence electrons. The predicted molar refractivity (Wildman–Crippen MR) is 102 cm³/mol. The Bertz CT molecular complexity index is 1060. The Morgan fingerprint density at radius 3 is 2.74 bits per heavy atom. The van der Waals surface area contributed by atoms with Crippen molar-refractivity contribution in [1.82, 2.24) is 14.9 Å². The van der Waals surface area contributed by atoms with E-state index in [1.165, 1.54) is 4.90 Å². The minimum Gasteiger partial charge on any atom is -0.465 e. The summed E-state index contributed by atoms with van der Waals surface area (Å²) >= 11 is 6.18. The molecule has 2 amide bonds. The second-order valence-electron chi connectivity index (χ2n) is 6.17. The number of piperazine rings is 1. The molecule has 0 saturated carbocycles. The van der Waals surface area contributed by atoms with Gasteiger partial charge in [0, 0.05) is 30.2 Å². The van der Waals surface area contributed by atoms with Gasteiger partial charge in [-0.15, -0.1) is 0 Å². The monoisotopic (exact) mass is 382 g/mol. The van der Waals surface area contributed by atoms with Crippen molar-refractivity contribution >= 4 is 40.2 Å². The van der Waals surface area contributed by atoms with Gasteiger partial charge in [0.1, 0.15) is 17.5 Å². The van der Waals surface area contributed by atoms with E-state index in [1.54, 1.807) is 18.3 Å². The van der Waals surface area contributed by atoms with E-state index < -0.39 is 6.09 Å². The summed E-state index contributed by atoms with van der Waals surface area (Å²) in [5.74, 6) is 0.158. The van der Waals surface area contributed by atoms with Crippen LogP contribution in [0.3, 0.4) is 0 Å². The molecule has 0 spiro atoms. The first-order chi connectivity index (χ1) is 13.0. The normalized spacial score (nSPS) is 14.6. The first-order valence-corrected chi connectivity index (χ1v) is 8.70. The third-order valence-electron chi connectivity index (χ3n) is 4.50. The number of halogens is 1. The molecule has 0 aliphatic carbocycles. The third kappa shape index (κ3) is 3.29. The molecule has 7 nitrogen and oxygen atoms in total. The number of carbonyl (C=O) groups is 2. The van der Waals surface area contributed by atoms with Crippen molar-refractivity contribution in [3.8, 4) is 11.3 Å². The number of hydrogen-bond donors (Lipinski definition) is 1. The van der Waals surface area contributed by atoms with Crippen molar-refractivity contribution in [1.29, 1.82) is 0 Å². The van der Waals surface area contributed by atoms with Gasteiger partial charge in [0.05, 0.1) is 5.69 Å². The summed E-state index contributed by atoms with van der Waals surface area (Å²) in [7, 11) is 0. The standard InChI is InChI=1S/C19H15ClN4O3/c20-15-9-12-3-1-2-4-14(12)18(22-15)13-5-6-21-16(10-13)24-8-7-23(19(26)27)11-17(24)25/h1-6,9-10H,7-8,11H2,(H,26,27). The van der Waals surface area contributed by atoms with Crippen LogP contribution >= 0.6 is 11.6 Å². The van der Waals surface area contributed by atoms with E-state index in [4.69, 9.17) is 16.7 Å². The predicted octanol–water partition coefficient (Wildman–Crippen LogP) is 3.28. The van der Waals surface area contributed by atoms with Gasteiger partial charge in [0.25, 0.3) is 0 Å². The zero-order valence-electron chi connectivity index (χ0n) is 14.2. The topological polar surface area (TPSA) is 86.6 Å². The van der Waals surface area contributed by atoms with E-state index in [9.17, 15) is 9.59 Å². The highest BCUT2D eigenvalue weighted by molar-refractivity contribution is 6.30. The van der Waals surface area contributed by atoms with Gasteiger partial charge >= 0.3 is 6.09 Å². The van der Waals surface area contributed by atoms with Gasteiger partial charge in [0.2, 0.25) is 5.91 Å². The fraction of sp³-hybridized carbons (Fsp3) is 0.158. The summed E-state index contributed by atoms with van der Waals surface area (Å²) in [5.41, 5.74) is 1.49. The van der Waals surface area contributed by atoms with Crippen LogP contribution in [0.2, 0.25) is 5.15 Å². The van der Waals surface area contributed by atoms with E-state index in [0.29, 0.717) is 16.7 Å². The molecular formula is C19H15ClN4O3. The van der Waals surface area contributed by atoms with E-state index in [-0.39, 0.29) is 25.5 Å².